The van der Waals surface area contributed by atoms with Gasteiger partial charge in [0.1, 0.15) is 0 Å². The highest BCUT2D eigenvalue weighted by molar-refractivity contribution is 5.87. The third-order valence-electron chi connectivity index (χ3n) is 2.53. The van der Waals surface area contributed by atoms with Crippen LogP contribution < -0.4 is 11.1 Å². The fourth-order valence-corrected chi connectivity index (χ4v) is 1.39. The minimum atomic E-state index is -0.153. The summed E-state index contributed by atoms with van der Waals surface area (Å²) < 4.78 is 0. The van der Waals surface area contributed by atoms with E-state index in [4.69, 9.17) is 10.9 Å². The molecule has 0 aliphatic carbocycles. The summed E-state index contributed by atoms with van der Waals surface area (Å²) >= 11 is 0. The lowest BCUT2D eigenvalue weighted by atomic mass is 10.0. The molecule has 1 aromatic rings. The highest BCUT2D eigenvalue weighted by atomic mass is 16.4. The highest BCUT2D eigenvalue weighted by Gasteiger charge is 2.04. The van der Waals surface area contributed by atoms with E-state index in [9.17, 15) is 4.79 Å². The monoisotopic (exact) mass is 235 g/mol. The maximum atomic E-state index is 11.5. The molecule has 1 rings (SSSR count). The van der Waals surface area contributed by atoms with E-state index in [1.165, 1.54) is 5.56 Å². The van der Waals surface area contributed by atoms with Gasteiger partial charge in [0.15, 0.2) is 5.84 Å². The normalized spacial score (nSPS) is 11.3. The molecule has 0 atom stereocenters. The Bertz CT molecular complexity index is 441. The Kier molecular flexibility index (Phi) is 4.51. The van der Waals surface area contributed by atoms with Crippen LogP contribution in [0.1, 0.15) is 16.7 Å². The Morgan fingerprint density at radius 1 is 1.41 bits per heavy atom. The number of hydrogen-bond acceptors (Lipinski definition) is 3. The van der Waals surface area contributed by atoms with Crippen LogP contribution in [0.4, 0.5) is 0 Å². The van der Waals surface area contributed by atoms with Gasteiger partial charge in [-0.05, 0) is 30.5 Å². The topological polar surface area (TPSA) is 87.7 Å². The van der Waals surface area contributed by atoms with Crippen molar-refractivity contribution in [3.8, 4) is 0 Å². The number of nitrogens with zero attached hydrogens (tertiary/aromatic N) is 1. The number of hydrogen-bond donors (Lipinski definition) is 3. The molecule has 5 heteroatoms. The van der Waals surface area contributed by atoms with Crippen LogP contribution in [0.5, 0.6) is 0 Å². The molecule has 17 heavy (non-hydrogen) atoms. The first-order chi connectivity index (χ1) is 8.02. The van der Waals surface area contributed by atoms with Gasteiger partial charge in [-0.25, -0.2) is 0 Å². The van der Waals surface area contributed by atoms with Gasteiger partial charge in [-0.3, -0.25) is 4.79 Å². The number of amides is 1. The number of carbonyl (C=O) groups excluding carboxylic acids is 1. The average Bonchev–Trinajstić information content (AvgIpc) is 2.31. The minimum Gasteiger partial charge on any atom is -0.409 e. The molecule has 0 spiro atoms. The molecule has 0 bridgehead atoms. The fraction of sp³-hybridized carbons (Fsp3) is 0.333. The van der Waals surface area contributed by atoms with Crippen molar-refractivity contribution in [2.75, 3.05) is 6.54 Å². The largest absolute Gasteiger partial charge is 0.409 e. The number of oxime groups is 1. The lowest BCUT2D eigenvalue weighted by Gasteiger charge is -2.06. The summed E-state index contributed by atoms with van der Waals surface area (Å²) in [5, 5.41) is 13.7. The molecule has 0 fully saturated rings. The number of nitrogens with one attached hydrogen (secondary N) is 1. The molecule has 0 aromatic heterocycles. The molecule has 0 saturated heterocycles. The van der Waals surface area contributed by atoms with Crippen LogP contribution in [0.2, 0.25) is 0 Å². The number of aryl methyl sites for hydroxylation is 2. The van der Waals surface area contributed by atoms with Gasteiger partial charge >= 0.3 is 0 Å². The van der Waals surface area contributed by atoms with Crippen LogP contribution >= 0.6 is 0 Å². The van der Waals surface area contributed by atoms with E-state index in [1.807, 2.05) is 32.0 Å². The predicted molar refractivity (Wildman–Crippen MR) is 66.0 cm³/mol. The van der Waals surface area contributed by atoms with Crippen LogP contribution in [0.25, 0.3) is 0 Å². The maximum Gasteiger partial charge on any atom is 0.224 e. The van der Waals surface area contributed by atoms with Gasteiger partial charge in [0.05, 0.1) is 13.0 Å². The summed E-state index contributed by atoms with van der Waals surface area (Å²) in [4.78, 5) is 11.5. The van der Waals surface area contributed by atoms with E-state index >= 15 is 0 Å². The first kappa shape index (κ1) is 13.0. The second-order valence-corrected chi connectivity index (χ2v) is 3.96. The Hall–Kier alpha value is -2.04. The average molecular weight is 235 g/mol. The standard InChI is InChI=1S/C12H17N3O2/c1-8-3-4-10(5-9(8)2)6-12(16)14-7-11(13)15-17/h3-5,17H,6-7H2,1-2H3,(H2,13,15)(H,14,16). The summed E-state index contributed by atoms with van der Waals surface area (Å²) in [7, 11) is 0. The number of amidine groups is 1. The van der Waals surface area contributed by atoms with Gasteiger partial charge in [-0.15, -0.1) is 0 Å². The van der Waals surface area contributed by atoms with E-state index in [1.54, 1.807) is 0 Å². The SMILES string of the molecule is Cc1ccc(CC(=O)NCC(N)=NO)cc1C. The van der Waals surface area contributed by atoms with Gasteiger partial charge in [0.25, 0.3) is 0 Å². The van der Waals surface area contributed by atoms with Crippen LogP contribution in [0.3, 0.4) is 0 Å². The Morgan fingerprint density at radius 3 is 2.71 bits per heavy atom. The van der Waals surface area contributed by atoms with Crippen molar-refractivity contribution in [3.63, 3.8) is 0 Å². The molecular weight excluding hydrogens is 218 g/mol. The van der Waals surface area contributed by atoms with Crippen molar-refractivity contribution in [2.45, 2.75) is 20.3 Å². The van der Waals surface area contributed by atoms with Crippen LogP contribution in [-0.4, -0.2) is 23.5 Å². The minimum absolute atomic E-state index is 0.0153. The molecule has 0 aliphatic rings. The van der Waals surface area contributed by atoms with Crippen molar-refractivity contribution < 1.29 is 10.0 Å². The number of carbonyl (C=O) groups is 1. The zero-order valence-corrected chi connectivity index (χ0v) is 10.0. The highest BCUT2D eigenvalue weighted by Crippen LogP contribution is 2.10. The smallest absolute Gasteiger partial charge is 0.224 e. The van der Waals surface area contributed by atoms with Crippen LogP contribution in [0, 0.1) is 13.8 Å². The van der Waals surface area contributed by atoms with Gasteiger partial charge in [0.2, 0.25) is 5.91 Å². The Balaban J connectivity index is 2.53. The second kappa shape index (κ2) is 5.89. The third-order valence-corrected chi connectivity index (χ3v) is 2.53. The quantitative estimate of drug-likeness (QED) is 0.311. The van der Waals surface area contributed by atoms with Crippen molar-refractivity contribution in [1.29, 1.82) is 0 Å². The lowest BCUT2D eigenvalue weighted by Crippen LogP contribution is -2.34. The lowest BCUT2D eigenvalue weighted by molar-refractivity contribution is -0.120. The van der Waals surface area contributed by atoms with E-state index in [-0.39, 0.29) is 18.3 Å². The van der Waals surface area contributed by atoms with E-state index in [2.05, 4.69) is 10.5 Å². The molecule has 0 aliphatic heterocycles. The van der Waals surface area contributed by atoms with Crippen molar-refractivity contribution in [1.82, 2.24) is 5.32 Å². The Labute approximate surface area is 100 Å². The fourth-order valence-electron chi connectivity index (χ4n) is 1.39. The number of rotatable bonds is 4. The summed E-state index contributed by atoms with van der Waals surface area (Å²) in [5.41, 5.74) is 8.55. The number of nitrogens with two attached hydrogens (primary N) is 1. The van der Waals surface area contributed by atoms with Gasteiger partial charge in [-0.2, -0.15) is 0 Å². The first-order valence-corrected chi connectivity index (χ1v) is 5.32. The second-order valence-electron chi connectivity index (χ2n) is 3.96. The molecule has 1 aromatic carbocycles. The molecule has 0 radical (unpaired) electrons. The van der Waals surface area contributed by atoms with E-state index in [0.717, 1.165) is 11.1 Å². The third kappa shape index (κ3) is 4.14. The molecule has 1 amide bonds. The molecule has 4 N–H and O–H groups in total. The molecule has 0 heterocycles. The van der Waals surface area contributed by atoms with Gasteiger partial charge < -0.3 is 16.3 Å². The molecule has 0 unspecified atom stereocenters. The number of benzene rings is 1. The van der Waals surface area contributed by atoms with E-state index < -0.39 is 0 Å². The molecule has 5 nitrogen and oxygen atoms in total. The van der Waals surface area contributed by atoms with Gasteiger partial charge in [-0.1, -0.05) is 23.4 Å². The summed E-state index contributed by atoms with van der Waals surface area (Å²) in [6.45, 7) is 4.09. The van der Waals surface area contributed by atoms with Crippen LogP contribution in [0.15, 0.2) is 23.4 Å². The molecule has 92 valence electrons. The summed E-state index contributed by atoms with van der Waals surface area (Å²) in [6, 6.07) is 5.89. The summed E-state index contributed by atoms with van der Waals surface area (Å²) in [5.74, 6) is -0.168. The van der Waals surface area contributed by atoms with Crippen LogP contribution in [-0.2, 0) is 11.2 Å². The zero-order valence-electron chi connectivity index (χ0n) is 10.0. The zero-order chi connectivity index (χ0) is 12.8. The van der Waals surface area contributed by atoms with E-state index in [0.29, 0.717) is 6.42 Å². The maximum absolute atomic E-state index is 11.5. The molecule has 0 saturated carbocycles. The van der Waals surface area contributed by atoms with Crippen molar-refractivity contribution >= 4 is 11.7 Å². The summed E-state index contributed by atoms with van der Waals surface area (Å²) in [6.07, 6.45) is 0.291. The van der Waals surface area contributed by atoms with Crippen molar-refractivity contribution in [3.05, 3.63) is 34.9 Å². The molecular formula is C12H17N3O2. The van der Waals surface area contributed by atoms with Crippen molar-refractivity contribution in [2.24, 2.45) is 10.9 Å². The Morgan fingerprint density at radius 2 is 2.12 bits per heavy atom. The van der Waals surface area contributed by atoms with Gasteiger partial charge in [0, 0.05) is 0 Å². The first-order valence-electron chi connectivity index (χ1n) is 5.32. The predicted octanol–water partition coefficient (Wildman–Crippen LogP) is 0.709.